The third kappa shape index (κ3) is 1.09. The Kier molecular flexibility index (Phi) is 1.35. The summed E-state index contributed by atoms with van der Waals surface area (Å²) >= 11 is 3.32. The Labute approximate surface area is 71.3 Å². The molecule has 1 aliphatic rings. The Hall–Kier alpha value is -1.03. The second kappa shape index (κ2) is 2.23. The summed E-state index contributed by atoms with van der Waals surface area (Å²) < 4.78 is 0.963. The van der Waals surface area contributed by atoms with Crippen LogP contribution in [0.15, 0.2) is 39.1 Å². The highest BCUT2D eigenvalue weighted by molar-refractivity contribution is 9.10. The molecule has 2 rings (SSSR count). The molecule has 4 heteroatoms. The molecule has 0 unspecified atom stereocenters. The van der Waals surface area contributed by atoms with Crippen LogP contribution in [0.25, 0.3) is 0 Å². The Morgan fingerprint density at radius 2 is 2.27 bits per heavy atom. The van der Waals surface area contributed by atoms with Gasteiger partial charge in [0.1, 0.15) is 6.20 Å². The summed E-state index contributed by atoms with van der Waals surface area (Å²) in [5, 5.41) is 0.837. The predicted molar refractivity (Wildman–Crippen MR) is 42.1 cm³/mol. The number of aromatic amines is 1. The van der Waals surface area contributed by atoms with Crippen molar-refractivity contribution in [2.75, 3.05) is 0 Å². The van der Waals surface area contributed by atoms with Gasteiger partial charge in [0.2, 0.25) is 0 Å². The van der Waals surface area contributed by atoms with Crippen LogP contribution in [0.4, 0.5) is 0 Å². The molecule has 0 aromatic carbocycles. The van der Waals surface area contributed by atoms with Crippen LogP contribution in [0.5, 0.6) is 0 Å². The first kappa shape index (κ1) is 6.67. The second-order valence-electron chi connectivity index (χ2n) is 2.19. The van der Waals surface area contributed by atoms with Crippen LogP contribution in [0.2, 0.25) is 0 Å². The molecule has 0 bridgehead atoms. The number of rotatable bonds is 0. The highest BCUT2D eigenvalue weighted by Gasteiger charge is 2.08. The van der Waals surface area contributed by atoms with Crippen LogP contribution in [0.1, 0.15) is 0 Å². The Bertz CT molecular complexity index is 435. The molecule has 0 amide bonds. The molecular weight excluding hydrogens is 206 g/mol. The van der Waals surface area contributed by atoms with Crippen molar-refractivity contribution in [3.63, 3.8) is 0 Å². The minimum Gasteiger partial charge on any atom is -0.241 e. The lowest BCUT2D eigenvalue weighted by atomic mass is 10.5. The summed E-state index contributed by atoms with van der Waals surface area (Å²) in [5.74, 6) is 0.550. The average molecular weight is 211 g/mol. The first-order valence-electron chi connectivity index (χ1n) is 3.09. The van der Waals surface area contributed by atoms with Crippen LogP contribution in [-0.2, 0) is 0 Å². The van der Waals surface area contributed by atoms with E-state index < -0.39 is 0 Å². The van der Waals surface area contributed by atoms with Gasteiger partial charge in [-0.05, 0) is 33.6 Å². The van der Waals surface area contributed by atoms with E-state index in [0.29, 0.717) is 5.82 Å². The van der Waals surface area contributed by atoms with Crippen molar-refractivity contribution >= 4 is 15.9 Å². The number of fused-ring (bicyclic) bond motifs is 1. The molecule has 0 fully saturated rings. The van der Waals surface area contributed by atoms with Gasteiger partial charge in [0.05, 0.1) is 4.47 Å². The van der Waals surface area contributed by atoms with Gasteiger partial charge in [-0.15, -0.1) is 0 Å². The molecule has 0 atom stereocenters. The molecule has 0 radical (unpaired) electrons. The number of halogens is 1. The first-order chi connectivity index (χ1) is 5.25. The molecular formula is C7H5BrN3+. The summed E-state index contributed by atoms with van der Waals surface area (Å²) in [4.78, 5) is 11.1. The van der Waals surface area contributed by atoms with Crippen molar-refractivity contribution in [1.29, 1.82) is 0 Å². The maximum absolute atomic E-state index is 4.09. The highest BCUT2D eigenvalue weighted by atomic mass is 79.9. The van der Waals surface area contributed by atoms with E-state index in [1.807, 2.05) is 12.3 Å². The SMILES string of the molecule is C=C1N=c2cc(Br)c[nH+]c2=N1. The zero-order valence-electron chi connectivity index (χ0n) is 5.63. The quantitative estimate of drug-likeness (QED) is 0.578. The average Bonchev–Trinajstić information content (AvgIpc) is 2.27. The molecule has 0 saturated carbocycles. The maximum Gasteiger partial charge on any atom is 0.349 e. The lowest BCUT2D eigenvalue weighted by molar-refractivity contribution is -0.401. The fourth-order valence-corrected chi connectivity index (χ4v) is 1.25. The van der Waals surface area contributed by atoms with Gasteiger partial charge < -0.3 is 0 Å². The normalized spacial score (nSPS) is 13.7. The highest BCUT2D eigenvalue weighted by Crippen LogP contribution is 2.00. The maximum atomic E-state index is 4.09. The first-order valence-corrected chi connectivity index (χ1v) is 3.88. The van der Waals surface area contributed by atoms with E-state index in [1.54, 1.807) is 0 Å². The Morgan fingerprint density at radius 3 is 3.09 bits per heavy atom. The number of hydrogen-bond donors (Lipinski definition) is 0. The van der Waals surface area contributed by atoms with Gasteiger partial charge in [-0.2, -0.15) is 4.99 Å². The van der Waals surface area contributed by atoms with Gasteiger partial charge in [0.15, 0.2) is 5.36 Å². The summed E-state index contributed by atoms with van der Waals surface area (Å²) in [6, 6.07) is 1.90. The number of H-pyrrole nitrogens is 1. The van der Waals surface area contributed by atoms with Gasteiger partial charge in [-0.3, -0.25) is 0 Å². The molecule has 1 aromatic rings. The van der Waals surface area contributed by atoms with Crippen molar-refractivity contribution in [2.24, 2.45) is 9.98 Å². The van der Waals surface area contributed by atoms with Gasteiger partial charge in [0, 0.05) is 0 Å². The van der Waals surface area contributed by atoms with Crippen LogP contribution < -0.4 is 15.8 Å². The fourth-order valence-electron chi connectivity index (χ4n) is 0.920. The topological polar surface area (TPSA) is 38.9 Å². The third-order valence-electron chi connectivity index (χ3n) is 1.35. The Morgan fingerprint density at radius 1 is 1.45 bits per heavy atom. The van der Waals surface area contributed by atoms with E-state index in [-0.39, 0.29) is 0 Å². The van der Waals surface area contributed by atoms with E-state index in [9.17, 15) is 0 Å². The lowest BCUT2D eigenvalue weighted by Gasteiger charge is -1.78. The molecule has 0 aliphatic carbocycles. The number of nitrogens with one attached hydrogen (secondary N) is 1. The third-order valence-corrected chi connectivity index (χ3v) is 1.81. The Balaban J connectivity index is 2.89. The van der Waals surface area contributed by atoms with Gasteiger partial charge >= 0.3 is 5.49 Å². The van der Waals surface area contributed by atoms with Crippen molar-refractivity contribution in [2.45, 2.75) is 0 Å². The number of hydrogen-bond acceptors (Lipinski definition) is 2. The van der Waals surface area contributed by atoms with Crippen molar-refractivity contribution in [3.8, 4) is 0 Å². The zero-order valence-corrected chi connectivity index (χ0v) is 7.22. The van der Waals surface area contributed by atoms with Crippen molar-refractivity contribution in [1.82, 2.24) is 0 Å². The summed E-state index contributed by atoms with van der Waals surface area (Å²) in [6.07, 6.45) is 1.82. The van der Waals surface area contributed by atoms with E-state index in [2.05, 4.69) is 37.5 Å². The molecule has 1 N–H and O–H groups in total. The predicted octanol–water partition coefficient (Wildman–Crippen LogP) is -0.0128. The molecule has 3 nitrogen and oxygen atoms in total. The smallest absolute Gasteiger partial charge is 0.241 e. The monoisotopic (exact) mass is 210 g/mol. The summed E-state index contributed by atoms with van der Waals surface area (Å²) in [5.41, 5.74) is 0.776. The summed E-state index contributed by atoms with van der Waals surface area (Å²) in [7, 11) is 0. The van der Waals surface area contributed by atoms with Gasteiger partial charge in [-0.1, -0.05) is 0 Å². The van der Waals surface area contributed by atoms with E-state index in [4.69, 9.17) is 0 Å². The van der Waals surface area contributed by atoms with Crippen LogP contribution >= 0.6 is 15.9 Å². The van der Waals surface area contributed by atoms with Crippen LogP contribution in [0, 0.1) is 0 Å². The minimum atomic E-state index is 0.550. The molecule has 54 valence electrons. The van der Waals surface area contributed by atoms with Crippen molar-refractivity contribution < 1.29 is 4.98 Å². The molecule has 11 heavy (non-hydrogen) atoms. The molecule has 1 aliphatic heterocycles. The summed E-state index contributed by atoms with van der Waals surface area (Å²) in [6.45, 7) is 3.63. The van der Waals surface area contributed by atoms with Gasteiger partial charge in [0.25, 0.3) is 5.82 Å². The van der Waals surface area contributed by atoms with Gasteiger partial charge in [-0.25, -0.2) is 4.98 Å². The fraction of sp³-hybridized carbons (Fsp3) is 0. The molecule has 0 spiro atoms. The van der Waals surface area contributed by atoms with E-state index >= 15 is 0 Å². The van der Waals surface area contributed by atoms with Crippen LogP contribution in [0.3, 0.4) is 0 Å². The number of nitrogens with zero attached hydrogens (tertiary/aromatic N) is 2. The van der Waals surface area contributed by atoms with Crippen LogP contribution in [-0.4, -0.2) is 0 Å². The minimum absolute atomic E-state index is 0.550. The standard InChI is InChI=1S/C7H4BrN3/c1-4-10-6-2-5(8)3-9-7(6)11-4/h2-3H,1H2/p+1. The molecule has 2 heterocycles. The lowest BCUT2D eigenvalue weighted by Crippen LogP contribution is -2.38. The number of aromatic nitrogens is 1. The van der Waals surface area contributed by atoms with E-state index in [1.165, 1.54) is 0 Å². The van der Waals surface area contributed by atoms with E-state index in [0.717, 1.165) is 15.3 Å². The van der Waals surface area contributed by atoms with Crippen molar-refractivity contribution in [3.05, 3.63) is 40.0 Å². The number of pyridine rings is 1. The second-order valence-corrected chi connectivity index (χ2v) is 3.11. The molecule has 1 aromatic heterocycles. The molecule has 0 saturated heterocycles. The zero-order chi connectivity index (χ0) is 7.84. The largest absolute Gasteiger partial charge is 0.349 e.